The molecule has 1 aliphatic rings. The van der Waals surface area contributed by atoms with Crippen molar-refractivity contribution in [2.75, 3.05) is 11.9 Å². The fourth-order valence-electron chi connectivity index (χ4n) is 4.41. The summed E-state index contributed by atoms with van der Waals surface area (Å²) in [5, 5.41) is 12.7. The Morgan fingerprint density at radius 1 is 1.27 bits per heavy atom. The van der Waals surface area contributed by atoms with Gasteiger partial charge in [0.2, 0.25) is 5.91 Å². The molecule has 1 amide bonds. The fourth-order valence-corrected chi connectivity index (χ4v) is 4.41. The van der Waals surface area contributed by atoms with Crippen molar-refractivity contribution in [2.24, 2.45) is 0 Å². The van der Waals surface area contributed by atoms with Gasteiger partial charge in [-0.1, -0.05) is 25.0 Å². The summed E-state index contributed by atoms with van der Waals surface area (Å²) in [5.74, 6) is 0.132. The van der Waals surface area contributed by atoms with Gasteiger partial charge in [0.15, 0.2) is 0 Å². The molecule has 1 saturated carbocycles. The normalized spacial score (nSPS) is 14.5. The fraction of sp³-hybridized carbons (Fsp3) is 0.500. The Labute approximate surface area is 178 Å². The third-order valence-electron chi connectivity index (χ3n) is 6.24. The van der Waals surface area contributed by atoms with Crippen LogP contribution < -0.4 is 5.32 Å². The van der Waals surface area contributed by atoms with Gasteiger partial charge in [0.25, 0.3) is 0 Å². The minimum atomic E-state index is -0.286. The van der Waals surface area contributed by atoms with Crippen molar-refractivity contribution in [1.29, 1.82) is 5.26 Å². The van der Waals surface area contributed by atoms with E-state index in [2.05, 4.69) is 30.1 Å². The van der Waals surface area contributed by atoms with Gasteiger partial charge in [0.1, 0.15) is 17.7 Å². The first-order valence-electron chi connectivity index (χ1n) is 10.7. The number of rotatable bonds is 7. The Bertz CT molecular complexity index is 934. The van der Waals surface area contributed by atoms with Crippen molar-refractivity contribution >= 4 is 11.7 Å². The largest absolute Gasteiger partial charge is 0.326 e. The number of anilines is 1. The number of nitriles is 1. The zero-order chi connectivity index (χ0) is 21.8. The van der Waals surface area contributed by atoms with Crippen LogP contribution in [0.1, 0.15) is 61.9 Å². The lowest BCUT2D eigenvalue weighted by molar-refractivity contribution is -0.118. The summed E-state index contributed by atoms with van der Waals surface area (Å²) < 4.78 is 15.2. The number of carbonyl (C=O) groups is 1. The summed E-state index contributed by atoms with van der Waals surface area (Å²) in [4.78, 5) is 15.3. The first-order chi connectivity index (χ1) is 14.3. The molecule has 1 heterocycles. The molecule has 30 heavy (non-hydrogen) atoms. The zero-order valence-corrected chi connectivity index (χ0v) is 18.3. The molecule has 6 heteroatoms. The Morgan fingerprint density at radius 3 is 2.47 bits per heavy atom. The molecule has 0 unspecified atom stereocenters. The van der Waals surface area contributed by atoms with Crippen LogP contribution in [0.25, 0.3) is 0 Å². The molecule has 0 radical (unpaired) electrons. The summed E-state index contributed by atoms with van der Waals surface area (Å²) in [5.41, 5.74) is 3.17. The molecule has 1 aliphatic carbocycles. The minimum Gasteiger partial charge on any atom is -0.326 e. The van der Waals surface area contributed by atoms with Crippen LogP contribution in [0.3, 0.4) is 0 Å². The van der Waals surface area contributed by atoms with Gasteiger partial charge in [-0.2, -0.15) is 5.26 Å². The number of halogens is 1. The topological polar surface area (TPSA) is 61.1 Å². The second-order valence-electron chi connectivity index (χ2n) is 8.51. The van der Waals surface area contributed by atoms with Crippen LogP contribution >= 0.6 is 0 Å². The van der Waals surface area contributed by atoms with Crippen LogP contribution in [-0.4, -0.2) is 34.0 Å². The molecule has 160 valence electrons. The van der Waals surface area contributed by atoms with E-state index in [1.165, 1.54) is 25.0 Å². The van der Waals surface area contributed by atoms with E-state index in [1.54, 1.807) is 12.1 Å². The highest BCUT2D eigenvalue weighted by Crippen LogP contribution is 2.28. The monoisotopic (exact) mass is 410 g/mol. The molecule has 1 fully saturated rings. The number of aromatic nitrogens is 1. The number of carbonyl (C=O) groups excluding carboxylic acids is 1. The van der Waals surface area contributed by atoms with E-state index in [1.807, 2.05) is 18.4 Å². The molecular formula is C24H31FN4O. The van der Waals surface area contributed by atoms with Gasteiger partial charge in [-0.3, -0.25) is 9.69 Å². The number of nitrogens with zero attached hydrogens (tertiary/aromatic N) is 3. The van der Waals surface area contributed by atoms with Crippen molar-refractivity contribution in [3.63, 3.8) is 0 Å². The lowest BCUT2D eigenvalue weighted by Gasteiger charge is -2.32. The van der Waals surface area contributed by atoms with Crippen LogP contribution in [0, 0.1) is 31.0 Å². The minimum absolute atomic E-state index is 0.107. The Kier molecular flexibility index (Phi) is 6.94. The van der Waals surface area contributed by atoms with E-state index >= 15 is 0 Å². The highest BCUT2D eigenvalue weighted by Gasteiger charge is 2.27. The first-order valence-corrected chi connectivity index (χ1v) is 10.7. The highest BCUT2D eigenvalue weighted by atomic mass is 19.1. The SMILES string of the molecule is Cc1c(C#N)c(NC(=O)CN(C(C)C)C2CCCC2)n(Cc2ccc(F)cc2)c1C. The van der Waals surface area contributed by atoms with Crippen molar-refractivity contribution in [3.8, 4) is 6.07 Å². The van der Waals surface area contributed by atoms with E-state index in [0.717, 1.165) is 29.7 Å². The Balaban J connectivity index is 1.85. The second kappa shape index (κ2) is 9.44. The summed E-state index contributed by atoms with van der Waals surface area (Å²) in [6, 6.07) is 9.27. The van der Waals surface area contributed by atoms with Crippen molar-refractivity contribution in [2.45, 2.75) is 72.0 Å². The summed E-state index contributed by atoms with van der Waals surface area (Å²) >= 11 is 0. The molecule has 0 saturated heterocycles. The lowest BCUT2D eigenvalue weighted by Crippen LogP contribution is -2.44. The molecule has 0 bridgehead atoms. The smallest absolute Gasteiger partial charge is 0.239 e. The standard InChI is InChI=1S/C24H31FN4O/c1-16(2)28(21-7-5-6-8-21)15-23(30)27-24-22(13-26)17(3)18(4)29(24)14-19-9-11-20(25)12-10-19/h9-12,16,21H,5-8,14-15H2,1-4H3,(H,27,30). The maximum absolute atomic E-state index is 13.3. The Morgan fingerprint density at radius 2 is 1.90 bits per heavy atom. The van der Waals surface area contributed by atoms with E-state index < -0.39 is 0 Å². The predicted octanol–water partition coefficient (Wildman–Crippen LogP) is 4.76. The average Bonchev–Trinajstić information content (AvgIpc) is 3.31. The van der Waals surface area contributed by atoms with Crippen molar-refractivity contribution in [3.05, 3.63) is 52.5 Å². The molecule has 3 rings (SSSR count). The summed E-state index contributed by atoms with van der Waals surface area (Å²) in [6.07, 6.45) is 4.70. The van der Waals surface area contributed by atoms with Crippen LogP contribution in [0.15, 0.2) is 24.3 Å². The first kappa shape index (κ1) is 22.0. The molecular weight excluding hydrogens is 379 g/mol. The highest BCUT2D eigenvalue weighted by molar-refractivity contribution is 5.93. The van der Waals surface area contributed by atoms with Gasteiger partial charge in [-0.25, -0.2) is 4.39 Å². The van der Waals surface area contributed by atoms with Gasteiger partial charge >= 0.3 is 0 Å². The second-order valence-corrected chi connectivity index (χ2v) is 8.51. The number of hydrogen-bond donors (Lipinski definition) is 1. The van der Waals surface area contributed by atoms with E-state index in [9.17, 15) is 14.4 Å². The maximum Gasteiger partial charge on any atom is 0.239 e. The van der Waals surface area contributed by atoms with E-state index in [-0.39, 0.29) is 17.8 Å². The molecule has 1 aromatic heterocycles. The van der Waals surface area contributed by atoms with Gasteiger partial charge < -0.3 is 9.88 Å². The van der Waals surface area contributed by atoms with Crippen LogP contribution in [0.5, 0.6) is 0 Å². The van der Waals surface area contributed by atoms with Crippen LogP contribution in [-0.2, 0) is 11.3 Å². The number of nitrogens with one attached hydrogen (secondary N) is 1. The van der Waals surface area contributed by atoms with Gasteiger partial charge in [-0.15, -0.1) is 0 Å². The molecule has 2 aromatic rings. The molecule has 1 N–H and O–H groups in total. The summed E-state index contributed by atoms with van der Waals surface area (Å²) in [7, 11) is 0. The molecule has 5 nitrogen and oxygen atoms in total. The number of benzene rings is 1. The maximum atomic E-state index is 13.3. The lowest BCUT2D eigenvalue weighted by atomic mass is 10.1. The predicted molar refractivity (Wildman–Crippen MR) is 117 cm³/mol. The third-order valence-corrected chi connectivity index (χ3v) is 6.24. The molecule has 1 aromatic carbocycles. The average molecular weight is 411 g/mol. The van der Waals surface area contributed by atoms with Crippen LogP contribution in [0.4, 0.5) is 10.2 Å². The summed E-state index contributed by atoms with van der Waals surface area (Å²) in [6.45, 7) is 8.85. The number of hydrogen-bond acceptors (Lipinski definition) is 3. The van der Waals surface area contributed by atoms with Gasteiger partial charge in [0.05, 0.1) is 12.1 Å². The number of amides is 1. The third kappa shape index (κ3) is 4.73. The van der Waals surface area contributed by atoms with Crippen molar-refractivity contribution in [1.82, 2.24) is 9.47 Å². The van der Waals surface area contributed by atoms with Gasteiger partial charge in [0, 0.05) is 24.3 Å². The Hall–Kier alpha value is -2.65. The molecule has 0 aliphatic heterocycles. The van der Waals surface area contributed by atoms with E-state index in [4.69, 9.17) is 0 Å². The van der Waals surface area contributed by atoms with E-state index in [0.29, 0.717) is 30.5 Å². The molecule has 0 spiro atoms. The van der Waals surface area contributed by atoms with Crippen molar-refractivity contribution < 1.29 is 9.18 Å². The zero-order valence-electron chi connectivity index (χ0n) is 18.3. The van der Waals surface area contributed by atoms with Gasteiger partial charge in [-0.05, 0) is 63.8 Å². The quantitative estimate of drug-likeness (QED) is 0.716. The van der Waals surface area contributed by atoms with Crippen LogP contribution in [0.2, 0.25) is 0 Å². The molecule has 0 atom stereocenters.